The van der Waals surface area contributed by atoms with Gasteiger partial charge in [0.25, 0.3) is 0 Å². The molecule has 3 aromatic heterocycles. The number of anilines is 2. The van der Waals surface area contributed by atoms with Gasteiger partial charge in [-0.25, -0.2) is 14.8 Å². The number of para-hydroxylation sites is 2. The molecule has 37 heavy (non-hydrogen) atoms. The number of carbonyl (C=O) groups is 2. The predicted octanol–water partition coefficient (Wildman–Crippen LogP) is 3.84. The van der Waals surface area contributed by atoms with Crippen LogP contribution in [0.2, 0.25) is 5.02 Å². The maximum atomic E-state index is 12.2. The fraction of sp³-hybridized carbons (Fsp3) is 0.0385. The van der Waals surface area contributed by atoms with Gasteiger partial charge in [-0.3, -0.25) is 9.59 Å². The summed E-state index contributed by atoms with van der Waals surface area (Å²) in [6.07, 6.45) is 4.87. The number of aromatic nitrogens is 4. The summed E-state index contributed by atoms with van der Waals surface area (Å²) < 4.78 is 3.21. The molecule has 186 valence electrons. The quantitative estimate of drug-likeness (QED) is 0.301. The minimum absolute atomic E-state index is 0.0108. The molecule has 0 spiro atoms. The maximum Gasteiger partial charge on any atom is 0.372 e. The van der Waals surface area contributed by atoms with Crippen molar-refractivity contribution in [1.82, 2.24) is 19.1 Å². The average Bonchev–Trinajstić information content (AvgIpc) is 3.25. The van der Waals surface area contributed by atoms with Gasteiger partial charge in [-0.05, 0) is 48.5 Å². The largest absolute Gasteiger partial charge is 0.475 e. The molecule has 3 heterocycles. The van der Waals surface area contributed by atoms with Gasteiger partial charge < -0.3 is 25.3 Å². The highest BCUT2D eigenvalue weighted by Crippen LogP contribution is 2.17. The Labute approximate surface area is 215 Å². The summed E-state index contributed by atoms with van der Waals surface area (Å²) >= 11 is 5.73. The van der Waals surface area contributed by atoms with Crippen molar-refractivity contribution in [3.05, 3.63) is 112 Å². The number of hydrogen-bond acceptors (Lipinski definition) is 6. The summed E-state index contributed by atoms with van der Waals surface area (Å²) in [5.74, 6) is -1.46. The number of aromatic carboxylic acids is 1. The smallest absolute Gasteiger partial charge is 0.372 e. The van der Waals surface area contributed by atoms with Crippen molar-refractivity contribution in [3.8, 4) is 5.69 Å². The molecule has 0 fully saturated rings. The minimum Gasteiger partial charge on any atom is -0.475 e. The van der Waals surface area contributed by atoms with Gasteiger partial charge in [0.1, 0.15) is 12.4 Å². The van der Waals surface area contributed by atoms with E-state index in [9.17, 15) is 19.5 Å². The Morgan fingerprint density at radius 2 is 1.68 bits per heavy atom. The van der Waals surface area contributed by atoms with E-state index in [4.69, 9.17) is 17.3 Å². The highest BCUT2D eigenvalue weighted by atomic mass is 35.5. The van der Waals surface area contributed by atoms with E-state index in [0.717, 1.165) is 11.4 Å². The number of nitrogens with one attached hydrogen (secondary N) is 1. The van der Waals surface area contributed by atoms with E-state index in [-0.39, 0.29) is 17.8 Å². The molecule has 0 radical (unpaired) electrons. The Bertz CT molecular complexity index is 1590. The second-order valence-electron chi connectivity index (χ2n) is 7.76. The first-order valence-corrected chi connectivity index (χ1v) is 11.3. The summed E-state index contributed by atoms with van der Waals surface area (Å²) in [7, 11) is 0. The van der Waals surface area contributed by atoms with E-state index < -0.39 is 11.9 Å². The lowest BCUT2D eigenvalue weighted by Gasteiger charge is -2.08. The number of halogens is 1. The second kappa shape index (κ2) is 11.2. The van der Waals surface area contributed by atoms with Crippen LogP contribution in [0.25, 0.3) is 16.7 Å². The molecule has 5 rings (SSSR count). The molecule has 0 aliphatic heterocycles. The SMILES string of the molecule is Nc1ccc(-n2ccc(=O)cc2)cc1.O=C(Cn1c(C(=O)O)nc2ccccc21)Nc1ccc(Cl)cn1. The number of fused-ring (bicyclic) bond motifs is 1. The van der Waals surface area contributed by atoms with Crippen LogP contribution >= 0.6 is 11.6 Å². The van der Waals surface area contributed by atoms with Gasteiger partial charge in [0.05, 0.1) is 16.1 Å². The minimum atomic E-state index is -1.20. The fourth-order valence-electron chi connectivity index (χ4n) is 3.41. The van der Waals surface area contributed by atoms with Crippen LogP contribution in [0, 0.1) is 0 Å². The van der Waals surface area contributed by atoms with Gasteiger partial charge in [-0.2, -0.15) is 0 Å². The van der Waals surface area contributed by atoms with Crippen LogP contribution in [0.15, 0.2) is 96.2 Å². The number of hydrogen-bond donors (Lipinski definition) is 3. The van der Waals surface area contributed by atoms with Crippen molar-refractivity contribution in [1.29, 1.82) is 0 Å². The number of nitrogen functional groups attached to an aromatic ring is 1. The zero-order valence-corrected chi connectivity index (χ0v) is 20.0. The van der Waals surface area contributed by atoms with Gasteiger partial charge in [-0.15, -0.1) is 0 Å². The van der Waals surface area contributed by atoms with E-state index >= 15 is 0 Å². The molecule has 2 aromatic carbocycles. The zero-order valence-electron chi connectivity index (χ0n) is 19.3. The van der Waals surface area contributed by atoms with E-state index in [1.807, 2.05) is 28.8 Å². The first kappa shape index (κ1) is 25.1. The Hall–Kier alpha value is -4.96. The normalized spacial score (nSPS) is 10.4. The lowest BCUT2D eigenvalue weighted by atomic mass is 10.3. The first-order valence-electron chi connectivity index (χ1n) is 10.9. The molecule has 0 bridgehead atoms. The Morgan fingerprint density at radius 3 is 2.32 bits per heavy atom. The highest BCUT2D eigenvalue weighted by Gasteiger charge is 2.18. The number of amides is 1. The molecular formula is C26H21ClN6O4. The zero-order chi connectivity index (χ0) is 26.4. The van der Waals surface area contributed by atoms with E-state index in [2.05, 4.69) is 15.3 Å². The predicted molar refractivity (Wildman–Crippen MR) is 141 cm³/mol. The van der Waals surface area contributed by atoms with Gasteiger partial charge in [0.15, 0.2) is 5.43 Å². The van der Waals surface area contributed by atoms with Gasteiger partial charge in [0.2, 0.25) is 11.7 Å². The van der Waals surface area contributed by atoms with Crippen LogP contribution in [-0.2, 0) is 11.3 Å². The third kappa shape index (κ3) is 6.38. The number of nitrogens with two attached hydrogens (primary N) is 1. The molecule has 0 aliphatic carbocycles. The van der Waals surface area contributed by atoms with Crippen LogP contribution in [0.3, 0.4) is 0 Å². The Morgan fingerprint density at radius 1 is 0.973 bits per heavy atom. The van der Waals surface area contributed by atoms with Crippen LogP contribution in [-0.4, -0.2) is 36.1 Å². The van der Waals surface area contributed by atoms with Crippen LogP contribution in [0.1, 0.15) is 10.6 Å². The van der Waals surface area contributed by atoms with Crippen LogP contribution in [0.5, 0.6) is 0 Å². The summed E-state index contributed by atoms with van der Waals surface area (Å²) in [6.45, 7) is -0.188. The molecule has 0 unspecified atom stereocenters. The second-order valence-corrected chi connectivity index (χ2v) is 8.19. The van der Waals surface area contributed by atoms with Crippen molar-refractivity contribution in [3.63, 3.8) is 0 Å². The van der Waals surface area contributed by atoms with Crippen molar-refractivity contribution in [2.45, 2.75) is 6.54 Å². The van der Waals surface area contributed by atoms with E-state index in [1.165, 1.54) is 22.9 Å². The van der Waals surface area contributed by atoms with E-state index in [0.29, 0.717) is 21.9 Å². The summed E-state index contributed by atoms with van der Waals surface area (Å²) in [5.41, 5.74) is 8.39. The lowest BCUT2D eigenvalue weighted by molar-refractivity contribution is -0.116. The lowest BCUT2D eigenvalue weighted by Crippen LogP contribution is -2.22. The third-order valence-corrected chi connectivity index (χ3v) is 5.36. The number of rotatable bonds is 5. The first-order chi connectivity index (χ1) is 17.8. The van der Waals surface area contributed by atoms with Gasteiger partial charge in [-0.1, -0.05) is 23.7 Å². The van der Waals surface area contributed by atoms with Crippen molar-refractivity contribution >= 4 is 46.0 Å². The summed E-state index contributed by atoms with van der Waals surface area (Å²) in [6, 6.07) is 20.6. The fourth-order valence-corrected chi connectivity index (χ4v) is 3.52. The molecule has 0 saturated heterocycles. The Balaban J connectivity index is 0.000000195. The average molecular weight is 517 g/mol. The number of carbonyl (C=O) groups excluding carboxylic acids is 1. The van der Waals surface area contributed by atoms with Crippen molar-refractivity contribution in [2.24, 2.45) is 0 Å². The van der Waals surface area contributed by atoms with Gasteiger partial charge >= 0.3 is 5.97 Å². The molecule has 4 N–H and O–H groups in total. The summed E-state index contributed by atoms with van der Waals surface area (Å²) in [4.78, 5) is 42.4. The molecule has 0 atom stereocenters. The molecule has 1 amide bonds. The number of pyridine rings is 2. The highest BCUT2D eigenvalue weighted by molar-refractivity contribution is 6.30. The number of carboxylic acids is 1. The molecule has 0 aliphatic rings. The number of nitrogens with zero attached hydrogens (tertiary/aromatic N) is 4. The van der Waals surface area contributed by atoms with Crippen LogP contribution in [0.4, 0.5) is 11.5 Å². The van der Waals surface area contributed by atoms with Gasteiger partial charge in [0, 0.05) is 42.1 Å². The standard InChI is InChI=1S/C15H11ClN4O3.C11H10N2O/c16-9-5-6-12(17-7-9)19-13(21)8-20-11-4-2-1-3-10(11)18-14(20)15(22)23;12-9-1-3-10(4-2-9)13-7-5-11(14)6-8-13/h1-7H,8H2,(H,22,23)(H,17,19,21);1-8H,12H2. The Kier molecular flexibility index (Phi) is 7.60. The topological polar surface area (TPSA) is 145 Å². The molecular weight excluding hydrogens is 496 g/mol. The number of carboxylic acid groups (broad SMARTS) is 1. The molecule has 0 saturated carbocycles. The van der Waals surface area contributed by atoms with Crippen molar-refractivity contribution < 1.29 is 14.7 Å². The third-order valence-electron chi connectivity index (χ3n) is 5.13. The number of imidazole rings is 1. The monoisotopic (exact) mass is 516 g/mol. The molecule has 11 heteroatoms. The maximum absolute atomic E-state index is 12.2. The van der Waals surface area contributed by atoms with E-state index in [1.54, 1.807) is 48.8 Å². The number of benzene rings is 2. The summed E-state index contributed by atoms with van der Waals surface area (Å²) in [5, 5.41) is 12.3. The molecule has 10 nitrogen and oxygen atoms in total. The van der Waals surface area contributed by atoms with Crippen molar-refractivity contribution in [2.75, 3.05) is 11.1 Å². The molecule has 5 aromatic rings. The van der Waals surface area contributed by atoms with Crippen LogP contribution < -0.4 is 16.5 Å².